The molecule has 2 aromatic carbocycles. The molecule has 150 valence electrons. The third-order valence-corrected chi connectivity index (χ3v) is 5.57. The van der Waals surface area contributed by atoms with E-state index >= 15 is 0 Å². The number of fused-ring (bicyclic) bond motifs is 1. The van der Waals surface area contributed by atoms with Crippen LogP contribution in [-0.2, 0) is 14.4 Å². The van der Waals surface area contributed by atoms with Crippen molar-refractivity contribution in [3.05, 3.63) is 48.5 Å². The minimum atomic E-state index is -0.473. The van der Waals surface area contributed by atoms with Gasteiger partial charge in [0, 0.05) is 33.0 Å². The highest BCUT2D eigenvalue weighted by molar-refractivity contribution is 6.08. The highest BCUT2D eigenvalue weighted by Gasteiger charge is 2.39. The molecule has 2 aliphatic heterocycles. The normalized spacial score (nSPS) is 19.2. The molecule has 0 saturated carbocycles. The maximum absolute atomic E-state index is 13.4. The summed E-state index contributed by atoms with van der Waals surface area (Å²) < 4.78 is 5.37. The molecule has 1 unspecified atom stereocenters. The fraction of sp³-hybridized carbons (Fsp3) is 0.318. The van der Waals surface area contributed by atoms with E-state index in [1.807, 2.05) is 42.5 Å². The molecule has 0 radical (unpaired) electrons. The summed E-state index contributed by atoms with van der Waals surface area (Å²) in [4.78, 5) is 43.3. The van der Waals surface area contributed by atoms with Crippen molar-refractivity contribution in [3.8, 4) is 5.75 Å². The van der Waals surface area contributed by atoms with Crippen LogP contribution in [0.3, 0.4) is 0 Å². The molecule has 2 heterocycles. The van der Waals surface area contributed by atoms with Crippen LogP contribution in [0.4, 0.5) is 17.1 Å². The lowest BCUT2D eigenvalue weighted by molar-refractivity contribution is -0.124. The Balaban J connectivity index is 1.61. The van der Waals surface area contributed by atoms with Crippen molar-refractivity contribution in [1.29, 1.82) is 0 Å². The van der Waals surface area contributed by atoms with Crippen molar-refractivity contribution in [2.75, 3.05) is 41.9 Å². The number of anilines is 3. The summed E-state index contributed by atoms with van der Waals surface area (Å²) >= 11 is 0. The topological polar surface area (TPSA) is 70.2 Å². The molecule has 7 heteroatoms. The molecule has 0 aromatic heterocycles. The molecule has 0 bridgehead atoms. The lowest BCUT2D eigenvalue weighted by Gasteiger charge is -2.26. The van der Waals surface area contributed by atoms with E-state index in [-0.39, 0.29) is 30.6 Å². The van der Waals surface area contributed by atoms with Crippen LogP contribution in [0.15, 0.2) is 48.5 Å². The summed E-state index contributed by atoms with van der Waals surface area (Å²) in [5.41, 5.74) is 2.07. The van der Waals surface area contributed by atoms with Crippen molar-refractivity contribution in [2.24, 2.45) is 5.92 Å². The Morgan fingerprint density at radius 3 is 2.34 bits per heavy atom. The van der Waals surface area contributed by atoms with E-state index in [4.69, 9.17) is 4.74 Å². The standard InChI is InChI=1S/C22H23N3O4/c1-23-16-7-3-4-8-17(16)24(12-11-20(23)26)22(28)15-13-21(27)25(14-15)18-9-5-6-10-19(18)29-2/h3-10,15H,11-14H2,1-2H3. The van der Waals surface area contributed by atoms with Crippen LogP contribution in [0.25, 0.3) is 0 Å². The molecular formula is C22H23N3O4. The van der Waals surface area contributed by atoms with Gasteiger partial charge in [0.15, 0.2) is 0 Å². The van der Waals surface area contributed by atoms with E-state index in [2.05, 4.69) is 0 Å². The molecule has 0 N–H and O–H groups in total. The number of ether oxygens (including phenoxy) is 1. The average Bonchev–Trinajstić information content (AvgIpc) is 3.09. The number of para-hydroxylation sites is 4. The molecule has 1 atom stereocenters. The van der Waals surface area contributed by atoms with Gasteiger partial charge in [-0.3, -0.25) is 14.4 Å². The SMILES string of the molecule is COc1ccccc1N1CC(C(=O)N2CCC(=O)N(C)c3ccccc32)CC1=O. The lowest BCUT2D eigenvalue weighted by atomic mass is 10.1. The van der Waals surface area contributed by atoms with E-state index in [9.17, 15) is 14.4 Å². The largest absolute Gasteiger partial charge is 0.495 e. The zero-order valence-electron chi connectivity index (χ0n) is 16.5. The van der Waals surface area contributed by atoms with Crippen molar-refractivity contribution in [1.82, 2.24) is 0 Å². The minimum absolute atomic E-state index is 0.0362. The molecule has 4 rings (SSSR count). The van der Waals surface area contributed by atoms with Crippen LogP contribution in [0.5, 0.6) is 5.75 Å². The summed E-state index contributed by atoms with van der Waals surface area (Å²) in [5, 5.41) is 0. The maximum atomic E-state index is 13.4. The second-order valence-corrected chi connectivity index (χ2v) is 7.26. The zero-order chi connectivity index (χ0) is 20.5. The van der Waals surface area contributed by atoms with Gasteiger partial charge in [0.1, 0.15) is 5.75 Å². The van der Waals surface area contributed by atoms with E-state index in [0.29, 0.717) is 35.9 Å². The van der Waals surface area contributed by atoms with Crippen molar-refractivity contribution in [2.45, 2.75) is 12.8 Å². The number of methoxy groups -OCH3 is 1. The molecule has 29 heavy (non-hydrogen) atoms. The quantitative estimate of drug-likeness (QED) is 0.803. The first-order valence-corrected chi connectivity index (χ1v) is 9.61. The second-order valence-electron chi connectivity index (χ2n) is 7.26. The number of carbonyl (C=O) groups is 3. The fourth-order valence-corrected chi connectivity index (χ4v) is 4.01. The Labute approximate surface area is 169 Å². The molecule has 0 spiro atoms. The third kappa shape index (κ3) is 3.33. The number of hydrogen-bond acceptors (Lipinski definition) is 4. The van der Waals surface area contributed by atoms with E-state index < -0.39 is 5.92 Å². The Morgan fingerprint density at radius 1 is 0.966 bits per heavy atom. The van der Waals surface area contributed by atoms with E-state index in [0.717, 1.165) is 0 Å². The van der Waals surface area contributed by atoms with Crippen LogP contribution in [0.2, 0.25) is 0 Å². The van der Waals surface area contributed by atoms with Gasteiger partial charge >= 0.3 is 0 Å². The summed E-state index contributed by atoms with van der Waals surface area (Å²) in [6.07, 6.45) is 0.382. The van der Waals surface area contributed by atoms with E-state index in [1.165, 1.54) is 0 Å². The van der Waals surface area contributed by atoms with Crippen molar-refractivity contribution >= 4 is 34.8 Å². The molecule has 3 amide bonds. The van der Waals surface area contributed by atoms with Gasteiger partial charge in [0.25, 0.3) is 0 Å². The summed E-state index contributed by atoms with van der Waals surface area (Å²) in [7, 11) is 3.28. The minimum Gasteiger partial charge on any atom is -0.495 e. The maximum Gasteiger partial charge on any atom is 0.232 e. The monoisotopic (exact) mass is 393 g/mol. The number of amides is 3. The number of rotatable bonds is 3. The predicted molar refractivity (Wildman–Crippen MR) is 110 cm³/mol. The number of nitrogens with zero attached hydrogens (tertiary/aromatic N) is 3. The number of hydrogen-bond donors (Lipinski definition) is 0. The first kappa shape index (κ1) is 19.0. The molecule has 0 aliphatic carbocycles. The highest BCUT2D eigenvalue weighted by atomic mass is 16.5. The van der Waals surface area contributed by atoms with Gasteiger partial charge in [-0.05, 0) is 24.3 Å². The molecule has 1 fully saturated rings. The van der Waals surface area contributed by atoms with Crippen LogP contribution >= 0.6 is 0 Å². The van der Waals surface area contributed by atoms with Gasteiger partial charge in [0.05, 0.1) is 30.1 Å². The fourth-order valence-electron chi connectivity index (χ4n) is 4.01. The van der Waals surface area contributed by atoms with Crippen LogP contribution < -0.4 is 19.4 Å². The number of carbonyl (C=O) groups excluding carboxylic acids is 3. The average molecular weight is 393 g/mol. The summed E-state index contributed by atoms with van der Waals surface area (Å²) in [6, 6.07) is 14.7. The first-order chi connectivity index (χ1) is 14.0. The molecule has 7 nitrogen and oxygen atoms in total. The third-order valence-electron chi connectivity index (χ3n) is 5.57. The molecule has 1 saturated heterocycles. The van der Waals surface area contributed by atoms with Crippen LogP contribution in [0, 0.1) is 5.92 Å². The Hall–Kier alpha value is -3.35. The van der Waals surface area contributed by atoms with Crippen molar-refractivity contribution in [3.63, 3.8) is 0 Å². The Morgan fingerprint density at radius 2 is 1.62 bits per heavy atom. The molecule has 2 aromatic rings. The van der Waals surface area contributed by atoms with Gasteiger partial charge in [-0.1, -0.05) is 24.3 Å². The zero-order valence-corrected chi connectivity index (χ0v) is 16.5. The van der Waals surface area contributed by atoms with Gasteiger partial charge in [-0.2, -0.15) is 0 Å². The van der Waals surface area contributed by atoms with Crippen molar-refractivity contribution < 1.29 is 19.1 Å². The highest BCUT2D eigenvalue weighted by Crippen LogP contribution is 2.36. The van der Waals surface area contributed by atoms with Crippen LogP contribution in [-0.4, -0.2) is 45.0 Å². The number of benzene rings is 2. The van der Waals surface area contributed by atoms with Gasteiger partial charge in [0.2, 0.25) is 17.7 Å². The van der Waals surface area contributed by atoms with Crippen LogP contribution in [0.1, 0.15) is 12.8 Å². The molecular weight excluding hydrogens is 370 g/mol. The summed E-state index contributed by atoms with van der Waals surface area (Å²) in [6.45, 7) is 0.596. The Kier molecular flexibility index (Phi) is 4.96. The van der Waals surface area contributed by atoms with Gasteiger partial charge in [-0.15, -0.1) is 0 Å². The smallest absolute Gasteiger partial charge is 0.232 e. The molecule has 2 aliphatic rings. The van der Waals surface area contributed by atoms with Gasteiger partial charge < -0.3 is 19.4 Å². The van der Waals surface area contributed by atoms with Gasteiger partial charge in [-0.25, -0.2) is 0 Å². The predicted octanol–water partition coefficient (Wildman–Crippen LogP) is 2.45. The Bertz CT molecular complexity index is 974. The van der Waals surface area contributed by atoms with E-state index in [1.54, 1.807) is 34.9 Å². The first-order valence-electron chi connectivity index (χ1n) is 9.61. The second kappa shape index (κ2) is 7.58. The lowest BCUT2D eigenvalue weighted by Crippen LogP contribution is -2.38. The summed E-state index contributed by atoms with van der Waals surface area (Å²) in [5.74, 6) is -0.151.